The number of anilines is 1. The van der Waals surface area contributed by atoms with Crippen LogP contribution in [0.2, 0.25) is 0 Å². The summed E-state index contributed by atoms with van der Waals surface area (Å²) in [5.41, 5.74) is 1.23. The molecule has 0 aliphatic carbocycles. The Morgan fingerprint density at radius 3 is 2.26 bits per heavy atom. The van der Waals surface area contributed by atoms with Gasteiger partial charge in [0.1, 0.15) is 0 Å². The molecular formula is C15H14F2N2O3S. The Hall–Kier alpha value is -2.32. The minimum absolute atomic E-state index is 0.0261. The van der Waals surface area contributed by atoms with Crippen molar-refractivity contribution < 1.29 is 22.0 Å². The summed E-state index contributed by atoms with van der Waals surface area (Å²) in [7, 11) is -3.95. The first-order valence-corrected chi connectivity index (χ1v) is 8.07. The first-order chi connectivity index (χ1) is 10.8. The number of amides is 1. The van der Waals surface area contributed by atoms with Crippen molar-refractivity contribution in [2.75, 3.05) is 5.32 Å². The van der Waals surface area contributed by atoms with Gasteiger partial charge >= 0.3 is 0 Å². The van der Waals surface area contributed by atoms with Crippen LogP contribution in [0.4, 0.5) is 14.5 Å². The maximum atomic E-state index is 13.1. The quantitative estimate of drug-likeness (QED) is 0.878. The molecule has 2 rings (SSSR count). The van der Waals surface area contributed by atoms with Gasteiger partial charge in [0.2, 0.25) is 15.9 Å². The number of carbonyl (C=O) groups excluding carboxylic acids is 1. The molecule has 2 aromatic rings. The Kier molecular flexibility index (Phi) is 5.07. The minimum Gasteiger partial charge on any atom is -0.326 e. The largest absolute Gasteiger partial charge is 0.326 e. The van der Waals surface area contributed by atoms with Gasteiger partial charge in [0.25, 0.3) is 0 Å². The number of hydrogen-bond donors (Lipinski definition) is 2. The molecule has 0 spiro atoms. The van der Waals surface area contributed by atoms with Crippen LogP contribution in [0.3, 0.4) is 0 Å². The molecule has 2 N–H and O–H groups in total. The van der Waals surface area contributed by atoms with Crippen LogP contribution in [-0.2, 0) is 21.4 Å². The lowest BCUT2D eigenvalue weighted by atomic mass is 10.2. The van der Waals surface area contributed by atoms with Gasteiger partial charge in [0.05, 0.1) is 4.90 Å². The van der Waals surface area contributed by atoms with E-state index in [9.17, 15) is 22.0 Å². The average molecular weight is 340 g/mol. The fourth-order valence-electron chi connectivity index (χ4n) is 1.81. The lowest BCUT2D eigenvalue weighted by Crippen LogP contribution is -2.23. The minimum atomic E-state index is -3.95. The highest BCUT2D eigenvalue weighted by atomic mass is 32.2. The molecule has 122 valence electrons. The second-order valence-electron chi connectivity index (χ2n) is 4.78. The van der Waals surface area contributed by atoms with E-state index in [4.69, 9.17) is 0 Å². The smallest absolute Gasteiger partial charge is 0.240 e. The number of carbonyl (C=O) groups is 1. The molecule has 2 aromatic carbocycles. The fraction of sp³-hybridized carbons (Fsp3) is 0.133. The summed E-state index contributed by atoms with van der Waals surface area (Å²) in [4.78, 5) is 10.5. The maximum Gasteiger partial charge on any atom is 0.240 e. The predicted molar refractivity (Wildman–Crippen MR) is 81.1 cm³/mol. The van der Waals surface area contributed by atoms with Crippen LogP contribution in [-0.4, -0.2) is 14.3 Å². The summed E-state index contributed by atoms with van der Waals surface area (Å²) in [5.74, 6) is -2.55. The summed E-state index contributed by atoms with van der Waals surface area (Å²) in [6.07, 6.45) is 0. The molecule has 0 atom stereocenters. The number of benzene rings is 2. The Morgan fingerprint density at radius 1 is 1.04 bits per heavy atom. The number of sulfonamides is 1. The van der Waals surface area contributed by atoms with Crippen molar-refractivity contribution in [1.82, 2.24) is 4.72 Å². The molecule has 0 heterocycles. The third kappa shape index (κ3) is 4.57. The van der Waals surface area contributed by atoms with Crippen molar-refractivity contribution in [3.63, 3.8) is 0 Å². The molecule has 0 unspecified atom stereocenters. The van der Waals surface area contributed by atoms with Crippen molar-refractivity contribution in [3.8, 4) is 0 Å². The Labute approximate surface area is 132 Å². The van der Waals surface area contributed by atoms with Crippen molar-refractivity contribution in [2.45, 2.75) is 18.4 Å². The van der Waals surface area contributed by atoms with Gasteiger partial charge < -0.3 is 5.32 Å². The molecule has 0 radical (unpaired) electrons. The van der Waals surface area contributed by atoms with Gasteiger partial charge in [-0.05, 0) is 35.9 Å². The monoisotopic (exact) mass is 340 g/mol. The van der Waals surface area contributed by atoms with Crippen LogP contribution in [0.1, 0.15) is 12.5 Å². The van der Waals surface area contributed by atoms with Gasteiger partial charge in [-0.3, -0.25) is 4.79 Å². The highest BCUT2D eigenvalue weighted by Crippen LogP contribution is 2.15. The molecular weight excluding hydrogens is 326 g/mol. The molecule has 0 aliphatic heterocycles. The SMILES string of the molecule is CC(=O)Nc1ccc(CNS(=O)(=O)c2ccc(F)c(F)c2)cc1. The van der Waals surface area contributed by atoms with Crippen LogP contribution in [0.5, 0.6) is 0 Å². The van der Waals surface area contributed by atoms with Crippen molar-refractivity contribution in [2.24, 2.45) is 0 Å². The Bertz CT molecular complexity index is 821. The predicted octanol–water partition coefficient (Wildman–Crippen LogP) is 2.40. The highest BCUT2D eigenvalue weighted by molar-refractivity contribution is 7.89. The van der Waals surface area contributed by atoms with E-state index in [1.165, 1.54) is 6.92 Å². The third-order valence-corrected chi connectivity index (χ3v) is 4.34. The molecule has 0 fully saturated rings. The highest BCUT2D eigenvalue weighted by Gasteiger charge is 2.16. The normalized spacial score (nSPS) is 11.3. The van der Waals surface area contributed by atoms with Crippen LogP contribution in [0.25, 0.3) is 0 Å². The Balaban J connectivity index is 2.06. The fourth-order valence-corrected chi connectivity index (χ4v) is 2.84. The van der Waals surface area contributed by atoms with Crippen LogP contribution in [0, 0.1) is 11.6 Å². The molecule has 0 saturated carbocycles. The molecule has 0 aromatic heterocycles. The summed E-state index contributed by atoms with van der Waals surface area (Å²) in [5, 5.41) is 2.59. The lowest BCUT2D eigenvalue weighted by molar-refractivity contribution is -0.114. The molecule has 0 aliphatic rings. The van der Waals surface area contributed by atoms with Gasteiger partial charge in [-0.15, -0.1) is 0 Å². The average Bonchev–Trinajstić information content (AvgIpc) is 2.49. The third-order valence-electron chi connectivity index (χ3n) is 2.94. The molecule has 8 heteroatoms. The summed E-state index contributed by atoms with van der Waals surface area (Å²) in [6.45, 7) is 1.35. The van der Waals surface area contributed by atoms with Gasteiger partial charge in [0.15, 0.2) is 11.6 Å². The zero-order valence-corrected chi connectivity index (χ0v) is 13.0. The molecule has 23 heavy (non-hydrogen) atoms. The zero-order chi connectivity index (χ0) is 17.0. The second kappa shape index (κ2) is 6.84. The van der Waals surface area contributed by atoms with Gasteiger partial charge in [-0.1, -0.05) is 12.1 Å². The molecule has 0 bridgehead atoms. The van der Waals surface area contributed by atoms with E-state index >= 15 is 0 Å². The summed E-state index contributed by atoms with van der Waals surface area (Å²) >= 11 is 0. The molecule has 5 nitrogen and oxygen atoms in total. The summed E-state index contributed by atoms with van der Waals surface area (Å²) < 4.78 is 52.3. The topological polar surface area (TPSA) is 75.3 Å². The lowest BCUT2D eigenvalue weighted by Gasteiger charge is -2.08. The maximum absolute atomic E-state index is 13.1. The Morgan fingerprint density at radius 2 is 1.70 bits per heavy atom. The number of halogens is 2. The van der Waals surface area contributed by atoms with Gasteiger partial charge in [-0.25, -0.2) is 21.9 Å². The van der Waals surface area contributed by atoms with E-state index < -0.39 is 21.7 Å². The van der Waals surface area contributed by atoms with E-state index in [0.29, 0.717) is 17.3 Å². The zero-order valence-electron chi connectivity index (χ0n) is 12.1. The summed E-state index contributed by atoms with van der Waals surface area (Å²) in [6, 6.07) is 8.90. The van der Waals surface area contributed by atoms with Crippen molar-refractivity contribution in [1.29, 1.82) is 0 Å². The number of hydrogen-bond acceptors (Lipinski definition) is 3. The van der Waals surface area contributed by atoms with Gasteiger partial charge in [0, 0.05) is 19.2 Å². The van der Waals surface area contributed by atoms with Crippen LogP contribution >= 0.6 is 0 Å². The molecule has 0 saturated heterocycles. The van der Waals surface area contributed by atoms with E-state index in [-0.39, 0.29) is 17.3 Å². The van der Waals surface area contributed by atoms with Crippen LogP contribution in [0.15, 0.2) is 47.4 Å². The van der Waals surface area contributed by atoms with Crippen LogP contribution < -0.4 is 10.0 Å². The number of rotatable bonds is 5. The first kappa shape index (κ1) is 17.0. The standard InChI is InChI=1S/C15H14F2N2O3S/c1-10(20)19-12-4-2-11(3-5-12)9-18-23(21,22)13-6-7-14(16)15(17)8-13/h2-8,18H,9H2,1H3,(H,19,20). The first-order valence-electron chi connectivity index (χ1n) is 6.59. The van der Waals surface area contributed by atoms with Gasteiger partial charge in [-0.2, -0.15) is 0 Å². The van der Waals surface area contributed by atoms with E-state index in [0.717, 1.165) is 12.1 Å². The van der Waals surface area contributed by atoms with Crippen molar-refractivity contribution >= 4 is 21.6 Å². The van der Waals surface area contributed by atoms with Crippen molar-refractivity contribution in [3.05, 3.63) is 59.7 Å². The van der Waals surface area contributed by atoms with E-state index in [1.807, 2.05) is 0 Å². The second-order valence-corrected chi connectivity index (χ2v) is 6.55. The van der Waals surface area contributed by atoms with E-state index in [2.05, 4.69) is 10.0 Å². The number of nitrogens with one attached hydrogen (secondary N) is 2. The molecule has 1 amide bonds. The van der Waals surface area contributed by atoms with E-state index in [1.54, 1.807) is 24.3 Å².